The van der Waals surface area contributed by atoms with Gasteiger partial charge in [-0.05, 0) is 36.2 Å². The summed E-state index contributed by atoms with van der Waals surface area (Å²) in [4.78, 5) is 14.8. The van der Waals surface area contributed by atoms with E-state index in [1.165, 1.54) is 5.56 Å². The van der Waals surface area contributed by atoms with Crippen LogP contribution in [0.4, 0.5) is 5.69 Å². The number of hydrogen-bond acceptors (Lipinski definition) is 5. The van der Waals surface area contributed by atoms with Crippen LogP contribution in [0.15, 0.2) is 53.7 Å². The second-order valence-electron chi connectivity index (χ2n) is 6.61. The molecule has 140 valence electrons. The van der Waals surface area contributed by atoms with Gasteiger partial charge in [-0.2, -0.15) is 0 Å². The molecule has 2 aromatic carbocycles. The van der Waals surface area contributed by atoms with Gasteiger partial charge in [-0.25, -0.2) is 0 Å². The van der Waals surface area contributed by atoms with Crippen molar-refractivity contribution in [2.75, 3.05) is 25.2 Å². The van der Waals surface area contributed by atoms with E-state index >= 15 is 0 Å². The number of hydrogen-bond donors (Lipinski definition) is 2. The molecular weight excluding hydrogens is 366 g/mol. The summed E-state index contributed by atoms with van der Waals surface area (Å²) in [5.41, 5.74) is 9.27. The lowest BCUT2D eigenvalue weighted by Crippen LogP contribution is -2.36. The van der Waals surface area contributed by atoms with Crippen molar-refractivity contribution >= 4 is 23.2 Å². The molecule has 0 fully saturated rings. The van der Waals surface area contributed by atoms with Crippen LogP contribution in [0.1, 0.15) is 12.0 Å². The number of rotatable bonds is 4. The molecule has 0 aromatic heterocycles. The van der Waals surface area contributed by atoms with Gasteiger partial charge in [0.25, 0.3) is 5.91 Å². The van der Waals surface area contributed by atoms with Crippen molar-refractivity contribution in [2.24, 2.45) is 5.73 Å². The van der Waals surface area contributed by atoms with E-state index in [0.717, 1.165) is 18.1 Å². The Labute approximate surface area is 162 Å². The molecule has 0 bridgehead atoms. The lowest BCUT2D eigenvalue weighted by molar-refractivity contribution is -0.113. The summed E-state index contributed by atoms with van der Waals surface area (Å²) >= 11 is 5.93. The third-order valence-electron chi connectivity index (χ3n) is 4.68. The van der Waals surface area contributed by atoms with Crippen LogP contribution in [0, 0.1) is 0 Å². The van der Waals surface area contributed by atoms with Gasteiger partial charge in [-0.15, -0.1) is 0 Å². The van der Waals surface area contributed by atoms with Gasteiger partial charge in [0, 0.05) is 47.7 Å². The molecule has 7 heteroatoms. The van der Waals surface area contributed by atoms with E-state index in [4.69, 9.17) is 26.8 Å². The Morgan fingerprint density at radius 3 is 2.70 bits per heavy atom. The maximum absolute atomic E-state index is 12.6. The SMILES string of the molecule is NC1=C(C(=O)Nc2ccc3c(c2)OCO3)CCN(Cc2ccc(Cl)cc2)C1. The highest BCUT2D eigenvalue weighted by Gasteiger charge is 2.23. The number of anilines is 1. The minimum absolute atomic E-state index is 0.169. The van der Waals surface area contributed by atoms with Crippen LogP contribution >= 0.6 is 11.6 Å². The summed E-state index contributed by atoms with van der Waals surface area (Å²) in [5, 5.41) is 3.62. The van der Waals surface area contributed by atoms with E-state index in [0.29, 0.717) is 41.4 Å². The number of carbonyl (C=O) groups excluding carboxylic acids is 1. The Bertz CT molecular complexity index is 896. The van der Waals surface area contributed by atoms with Gasteiger partial charge >= 0.3 is 0 Å². The van der Waals surface area contributed by atoms with Crippen molar-refractivity contribution in [3.8, 4) is 11.5 Å². The van der Waals surface area contributed by atoms with Crippen molar-refractivity contribution in [3.63, 3.8) is 0 Å². The predicted octanol–water partition coefficient (Wildman–Crippen LogP) is 3.13. The molecule has 0 saturated carbocycles. The Balaban J connectivity index is 1.40. The number of fused-ring (bicyclic) bond motifs is 1. The fourth-order valence-corrected chi connectivity index (χ4v) is 3.40. The lowest BCUT2D eigenvalue weighted by Gasteiger charge is -2.28. The molecule has 0 aliphatic carbocycles. The molecular formula is C20H20ClN3O3. The molecule has 2 heterocycles. The van der Waals surface area contributed by atoms with Crippen LogP contribution < -0.4 is 20.5 Å². The van der Waals surface area contributed by atoms with E-state index in [2.05, 4.69) is 10.2 Å². The summed E-state index contributed by atoms with van der Waals surface area (Å²) in [6.07, 6.45) is 0.607. The Hall–Kier alpha value is -2.70. The maximum atomic E-state index is 12.6. The molecule has 0 atom stereocenters. The van der Waals surface area contributed by atoms with Crippen molar-refractivity contribution < 1.29 is 14.3 Å². The van der Waals surface area contributed by atoms with Crippen LogP contribution in [-0.2, 0) is 11.3 Å². The zero-order valence-corrected chi connectivity index (χ0v) is 15.5. The van der Waals surface area contributed by atoms with E-state index < -0.39 is 0 Å². The Morgan fingerprint density at radius 1 is 1.15 bits per heavy atom. The molecule has 4 rings (SSSR count). The van der Waals surface area contributed by atoms with Gasteiger partial charge in [-0.3, -0.25) is 9.69 Å². The Morgan fingerprint density at radius 2 is 1.93 bits per heavy atom. The smallest absolute Gasteiger partial charge is 0.253 e. The molecule has 0 unspecified atom stereocenters. The molecule has 2 aromatic rings. The second-order valence-corrected chi connectivity index (χ2v) is 7.05. The van der Waals surface area contributed by atoms with Crippen LogP contribution in [0.2, 0.25) is 5.02 Å². The number of ether oxygens (including phenoxy) is 2. The Kier molecular flexibility index (Phi) is 4.92. The molecule has 3 N–H and O–H groups in total. The summed E-state index contributed by atoms with van der Waals surface area (Å²) in [6.45, 7) is 2.31. The monoisotopic (exact) mass is 385 g/mol. The number of nitrogens with two attached hydrogens (primary N) is 1. The van der Waals surface area contributed by atoms with Gasteiger partial charge in [0.1, 0.15) is 0 Å². The van der Waals surface area contributed by atoms with Gasteiger partial charge in [0.15, 0.2) is 11.5 Å². The van der Waals surface area contributed by atoms with E-state index in [1.807, 2.05) is 24.3 Å². The minimum Gasteiger partial charge on any atom is -0.454 e. The van der Waals surface area contributed by atoms with Gasteiger partial charge < -0.3 is 20.5 Å². The number of halogens is 1. The molecule has 0 spiro atoms. The third kappa shape index (κ3) is 4.02. The van der Waals surface area contributed by atoms with Crippen LogP contribution in [0.5, 0.6) is 11.5 Å². The van der Waals surface area contributed by atoms with Crippen LogP contribution in [0.3, 0.4) is 0 Å². The van der Waals surface area contributed by atoms with Crippen LogP contribution in [-0.4, -0.2) is 30.7 Å². The highest BCUT2D eigenvalue weighted by molar-refractivity contribution is 6.30. The molecule has 0 saturated heterocycles. The first kappa shape index (κ1) is 17.7. The lowest BCUT2D eigenvalue weighted by atomic mass is 10.0. The minimum atomic E-state index is -0.169. The van der Waals surface area contributed by atoms with Crippen molar-refractivity contribution in [3.05, 3.63) is 64.3 Å². The number of benzene rings is 2. The third-order valence-corrected chi connectivity index (χ3v) is 4.94. The van der Waals surface area contributed by atoms with Gasteiger partial charge in [0.05, 0.1) is 0 Å². The van der Waals surface area contributed by atoms with E-state index in [-0.39, 0.29) is 12.7 Å². The van der Waals surface area contributed by atoms with E-state index in [1.54, 1.807) is 18.2 Å². The van der Waals surface area contributed by atoms with Gasteiger partial charge in [-0.1, -0.05) is 23.7 Å². The molecule has 0 radical (unpaired) electrons. The van der Waals surface area contributed by atoms with Crippen molar-refractivity contribution in [1.82, 2.24) is 4.90 Å². The highest BCUT2D eigenvalue weighted by atomic mass is 35.5. The average molecular weight is 386 g/mol. The first-order valence-corrected chi connectivity index (χ1v) is 9.11. The zero-order valence-electron chi connectivity index (χ0n) is 14.7. The number of amides is 1. The number of nitrogens with zero attached hydrogens (tertiary/aromatic N) is 1. The second kappa shape index (κ2) is 7.50. The zero-order chi connectivity index (χ0) is 18.8. The van der Waals surface area contributed by atoms with Crippen molar-refractivity contribution in [1.29, 1.82) is 0 Å². The average Bonchev–Trinajstić information content (AvgIpc) is 3.11. The quantitative estimate of drug-likeness (QED) is 0.845. The maximum Gasteiger partial charge on any atom is 0.253 e. The van der Waals surface area contributed by atoms with Crippen LogP contribution in [0.25, 0.3) is 0 Å². The molecule has 6 nitrogen and oxygen atoms in total. The molecule has 1 amide bonds. The predicted molar refractivity (Wildman–Crippen MR) is 104 cm³/mol. The summed E-state index contributed by atoms with van der Waals surface area (Å²) in [5.74, 6) is 1.15. The largest absolute Gasteiger partial charge is 0.454 e. The van der Waals surface area contributed by atoms with Gasteiger partial charge in [0.2, 0.25) is 6.79 Å². The standard InChI is InChI=1S/C20H20ClN3O3/c21-14-3-1-13(2-4-14)10-24-8-7-16(17(22)11-24)20(25)23-15-5-6-18-19(9-15)27-12-26-18/h1-6,9H,7-8,10-12,22H2,(H,23,25). The highest BCUT2D eigenvalue weighted by Crippen LogP contribution is 2.34. The summed E-state index contributed by atoms with van der Waals surface area (Å²) in [7, 11) is 0. The molecule has 27 heavy (non-hydrogen) atoms. The molecule has 2 aliphatic heterocycles. The first-order valence-electron chi connectivity index (χ1n) is 8.74. The first-order chi connectivity index (χ1) is 13.1. The fraction of sp³-hybridized carbons (Fsp3) is 0.250. The van der Waals surface area contributed by atoms with E-state index in [9.17, 15) is 4.79 Å². The number of carbonyl (C=O) groups is 1. The fourth-order valence-electron chi connectivity index (χ4n) is 3.27. The summed E-state index contributed by atoms with van der Waals surface area (Å²) in [6, 6.07) is 13.1. The summed E-state index contributed by atoms with van der Waals surface area (Å²) < 4.78 is 10.6. The number of nitrogens with one attached hydrogen (secondary N) is 1. The topological polar surface area (TPSA) is 76.8 Å². The normalized spacial score (nSPS) is 16.5. The molecule has 2 aliphatic rings. The van der Waals surface area contributed by atoms with Crippen molar-refractivity contribution in [2.45, 2.75) is 13.0 Å².